The van der Waals surface area contributed by atoms with Crippen molar-refractivity contribution in [3.63, 3.8) is 0 Å². The number of halogens is 1. The van der Waals surface area contributed by atoms with Gasteiger partial charge in [0.2, 0.25) is 0 Å². The Morgan fingerprint density at radius 2 is 1.94 bits per heavy atom. The molecule has 0 aromatic carbocycles. The van der Waals surface area contributed by atoms with Crippen LogP contribution in [-0.4, -0.2) is 6.54 Å². The van der Waals surface area contributed by atoms with Gasteiger partial charge in [0.1, 0.15) is 0 Å². The maximum atomic E-state index is 6.07. The van der Waals surface area contributed by atoms with Crippen LogP contribution < -0.4 is 5.73 Å². The summed E-state index contributed by atoms with van der Waals surface area (Å²) in [6, 6.07) is 2.25. The van der Waals surface area contributed by atoms with E-state index in [2.05, 4.69) is 41.2 Å². The lowest BCUT2D eigenvalue weighted by atomic mass is 9.63. The fourth-order valence-electron chi connectivity index (χ4n) is 2.73. The lowest BCUT2D eigenvalue weighted by molar-refractivity contribution is 0.108. The molecule has 0 amide bonds. The van der Waals surface area contributed by atoms with Crippen LogP contribution >= 0.6 is 27.3 Å². The van der Waals surface area contributed by atoms with E-state index in [9.17, 15) is 0 Å². The third kappa shape index (κ3) is 3.33. The predicted molar refractivity (Wildman–Crippen MR) is 79.5 cm³/mol. The summed E-state index contributed by atoms with van der Waals surface area (Å²) in [7, 11) is 0. The standard InChI is InChI=1S/C14H22BrNS/c1-13(2)3-5-14(10-16,6-4-13)8-12-7-11(15)9-17-12/h7,9H,3-6,8,10,16H2,1-2H3. The van der Waals surface area contributed by atoms with Crippen LogP contribution in [0.25, 0.3) is 0 Å². The van der Waals surface area contributed by atoms with Gasteiger partial charge in [0, 0.05) is 14.7 Å². The molecule has 0 unspecified atom stereocenters. The molecule has 3 heteroatoms. The summed E-state index contributed by atoms with van der Waals surface area (Å²) >= 11 is 5.39. The molecule has 0 aliphatic heterocycles. The van der Waals surface area contributed by atoms with Gasteiger partial charge in [0.15, 0.2) is 0 Å². The van der Waals surface area contributed by atoms with Gasteiger partial charge in [-0.3, -0.25) is 0 Å². The highest BCUT2D eigenvalue weighted by atomic mass is 79.9. The van der Waals surface area contributed by atoms with Crippen molar-refractivity contribution in [3.8, 4) is 0 Å². The predicted octanol–water partition coefficient (Wildman–Crippen LogP) is 4.60. The Kier molecular flexibility index (Phi) is 4.01. The molecule has 1 aliphatic rings. The first-order valence-electron chi connectivity index (χ1n) is 6.38. The maximum Gasteiger partial charge on any atom is 0.0285 e. The second-order valence-corrected chi connectivity index (χ2v) is 8.19. The molecule has 17 heavy (non-hydrogen) atoms. The van der Waals surface area contributed by atoms with Gasteiger partial charge in [0.25, 0.3) is 0 Å². The van der Waals surface area contributed by atoms with Crippen molar-refractivity contribution < 1.29 is 0 Å². The van der Waals surface area contributed by atoms with Crippen LogP contribution in [0.15, 0.2) is 15.9 Å². The summed E-state index contributed by atoms with van der Waals surface area (Å²) in [5.41, 5.74) is 6.96. The molecule has 0 radical (unpaired) electrons. The average molecular weight is 316 g/mol. The Labute approximate surface area is 117 Å². The molecule has 1 aliphatic carbocycles. The Bertz CT molecular complexity index is 373. The van der Waals surface area contributed by atoms with Gasteiger partial charge in [-0.15, -0.1) is 11.3 Å². The SMILES string of the molecule is CC1(C)CCC(CN)(Cc2cc(Br)cs2)CC1. The van der Waals surface area contributed by atoms with Gasteiger partial charge < -0.3 is 5.73 Å². The first-order chi connectivity index (χ1) is 7.95. The van der Waals surface area contributed by atoms with Crippen LogP contribution in [0, 0.1) is 10.8 Å². The van der Waals surface area contributed by atoms with Crippen molar-refractivity contribution >= 4 is 27.3 Å². The van der Waals surface area contributed by atoms with Crippen LogP contribution in [0.5, 0.6) is 0 Å². The van der Waals surface area contributed by atoms with Crippen molar-refractivity contribution in [2.75, 3.05) is 6.54 Å². The monoisotopic (exact) mass is 315 g/mol. The van der Waals surface area contributed by atoms with E-state index in [1.807, 2.05) is 11.3 Å². The van der Waals surface area contributed by atoms with Crippen molar-refractivity contribution in [2.45, 2.75) is 46.0 Å². The Morgan fingerprint density at radius 3 is 2.41 bits per heavy atom. The minimum Gasteiger partial charge on any atom is -0.330 e. The van der Waals surface area contributed by atoms with E-state index in [0.29, 0.717) is 10.8 Å². The normalized spacial score (nSPS) is 22.6. The number of rotatable bonds is 3. The van der Waals surface area contributed by atoms with Crippen molar-refractivity contribution in [2.24, 2.45) is 16.6 Å². The summed E-state index contributed by atoms with van der Waals surface area (Å²) in [6.07, 6.45) is 6.36. The molecule has 0 atom stereocenters. The Balaban J connectivity index is 2.06. The summed E-state index contributed by atoms with van der Waals surface area (Å²) < 4.78 is 1.21. The molecule has 96 valence electrons. The van der Waals surface area contributed by atoms with E-state index in [0.717, 1.165) is 13.0 Å². The topological polar surface area (TPSA) is 26.0 Å². The molecule has 2 rings (SSSR count). The van der Waals surface area contributed by atoms with E-state index in [-0.39, 0.29) is 0 Å². The molecule has 1 aromatic heterocycles. The molecule has 0 spiro atoms. The zero-order chi connectivity index (χ0) is 12.5. The minimum absolute atomic E-state index is 0.361. The number of hydrogen-bond acceptors (Lipinski definition) is 2. The molecule has 1 heterocycles. The van der Waals surface area contributed by atoms with Crippen molar-refractivity contribution in [1.29, 1.82) is 0 Å². The van der Waals surface area contributed by atoms with Gasteiger partial charge in [0.05, 0.1) is 0 Å². The first-order valence-corrected chi connectivity index (χ1v) is 8.05. The first kappa shape index (κ1) is 13.6. The number of nitrogens with two attached hydrogens (primary N) is 1. The lowest BCUT2D eigenvalue weighted by Crippen LogP contribution is -2.38. The third-order valence-corrected chi connectivity index (χ3v) is 5.97. The molecule has 1 fully saturated rings. The second kappa shape index (κ2) is 5.02. The summed E-state index contributed by atoms with van der Waals surface area (Å²) in [5.74, 6) is 0. The number of hydrogen-bond donors (Lipinski definition) is 1. The molecule has 1 aromatic rings. The van der Waals surface area contributed by atoms with Crippen molar-refractivity contribution in [1.82, 2.24) is 0 Å². The second-order valence-electron chi connectivity index (χ2n) is 6.28. The molecule has 1 saturated carbocycles. The van der Waals surface area contributed by atoms with E-state index in [1.165, 1.54) is 35.0 Å². The fourth-order valence-corrected chi connectivity index (χ4v) is 4.35. The lowest BCUT2D eigenvalue weighted by Gasteiger charge is -2.43. The summed E-state index contributed by atoms with van der Waals surface area (Å²) in [6.45, 7) is 5.60. The van der Waals surface area contributed by atoms with Crippen LogP contribution in [0.2, 0.25) is 0 Å². The molecule has 0 saturated heterocycles. The molecular weight excluding hydrogens is 294 g/mol. The zero-order valence-corrected chi connectivity index (χ0v) is 13.2. The van der Waals surface area contributed by atoms with Gasteiger partial charge in [-0.1, -0.05) is 13.8 Å². The highest BCUT2D eigenvalue weighted by Crippen LogP contribution is 2.46. The van der Waals surface area contributed by atoms with E-state index < -0.39 is 0 Å². The van der Waals surface area contributed by atoms with E-state index in [1.54, 1.807) is 0 Å². The largest absolute Gasteiger partial charge is 0.330 e. The third-order valence-electron chi connectivity index (χ3n) is 4.27. The summed E-state index contributed by atoms with van der Waals surface area (Å²) in [5, 5.41) is 2.17. The van der Waals surface area contributed by atoms with Crippen LogP contribution in [0.1, 0.15) is 44.4 Å². The van der Waals surface area contributed by atoms with Gasteiger partial charge >= 0.3 is 0 Å². The van der Waals surface area contributed by atoms with Gasteiger partial charge in [-0.25, -0.2) is 0 Å². The Morgan fingerprint density at radius 1 is 1.29 bits per heavy atom. The summed E-state index contributed by atoms with van der Waals surface area (Å²) in [4.78, 5) is 1.47. The maximum absolute atomic E-state index is 6.07. The van der Waals surface area contributed by atoms with Crippen molar-refractivity contribution in [3.05, 3.63) is 20.8 Å². The van der Waals surface area contributed by atoms with Crippen LogP contribution in [-0.2, 0) is 6.42 Å². The van der Waals surface area contributed by atoms with E-state index >= 15 is 0 Å². The minimum atomic E-state index is 0.361. The fraction of sp³-hybridized carbons (Fsp3) is 0.714. The van der Waals surface area contributed by atoms with E-state index in [4.69, 9.17) is 5.73 Å². The Hall–Kier alpha value is 0.140. The average Bonchev–Trinajstić information content (AvgIpc) is 2.68. The quantitative estimate of drug-likeness (QED) is 0.866. The highest BCUT2D eigenvalue weighted by Gasteiger charge is 2.37. The van der Waals surface area contributed by atoms with Gasteiger partial charge in [-0.05, 0) is 71.5 Å². The molecule has 1 nitrogen and oxygen atoms in total. The van der Waals surface area contributed by atoms with Crippen LogP contribution in [0.4, 0.5) is 0 Å². The molecule has 2 N–H and O–H groups in total. The van der Waals surface area contributed by atoms with Crippen LogP contribution in [0.3, 0.4) is 0 Å². The molecular formula is C14H22BrNS. The highest BCUT2D eigenvalue weighted by molar-refractivity contribution is 9.10. The zero-order valence-electron chi connectivity index (χ0n) is 10.8. The van der Waals surface area contributed by atoms with Gasteiger partial charge in [-0.2, -0.15) is 0 Å². The smallest absolute Gasteiger partial charge is 0.0285 e. The molecule has 0 bridgehead atoms. The number of thiophene rings is 1.